The molecule has 1 saturated heterocycles. The monoisotopic (exact) mass is 344 g/mol. The van der Waals surface area contributed by atoms with Crippen LogP contribution in [0.2, 0.25) is 0 Å². The summed E-state index contributed by atoms with van der Waals surface area (Å²) in [5, 5.41) is -0.529. The second kappa shape index (κ2) is 7.70. The van der Waals surface area contributed by atoms with Gasteiger partial charge in [-0.15, -0.1) is 0 Å². The maximum absolute atomic E-state index is 13.4. The van der Waals surface area contributed by atoms with Crippen molar-refractivity contribution in [3.63, 3.8) is 0 Å². The van der Waals surface area contributed by atoms with Gasteiger partial charge in [0, 0.05) is 26.2 Å². The number of rotatable bonds is 7. The van der Waals surface area contributed by atoms with E-state index in [1.54, 1.807) is 19.1 Å². The molecule has 1 heterocycles. The SMILES string of the molecule is C[C@H]1OCC[C@@H]1S(=O)(=O)N(CCN(C)C)Cc1cccc(F)c1. The number of benzene rings is 1. The molecule has 2 atom stereocenters. The summed E-state index contributed by atoms with van der Waals surface area (Å²) in [5.41, 5.74) is 0.652. The fraction of sp³-hybridized carbons (Fsp3) is 0.625. The lowest BCUT2D eigenvalue weighted by atomic mass is 10.2. The summed E-state index contributed by atoms with van der Waals surface area (Å²) in [6, 6.07) is 6.08. The second-order valence-corrected chi connectivity index (χ2v) is 8.37. The van der Waals surface area contributed by atoms with Crippen LogP contribution in [0, 0.1) is 5.82 Å². The number of hydrogen-bond acceptors (Lipinski definition) is 4. The van der Waals surface area contributed by atoms with Crippen molar-refractivity contribution in [3.05, 3.63) is 35.6 Å². The van der Waals surface area contributed by atoms with Crippen molar-refractivity contribution in [1.29, 1.82) is 0 Å². The molecule has 1 aliphatic heterocycles. The largest absolute Gasteiger partial charge is 0.377 e. The minimum Gasteiger partial charge on any atom is -0.377 e. The fourth-order valence-corrected chi connectivity index (χ4v) is 4.75. The van der Waals surface area contributed by atoms with Crippen LogP contribution in [0.25, 0.3) is 0 Å². The number of halogens is 1. The second-order valence-electron chi connectivity index (χ2n) is 6.21. The summed E-state index contributed by atoms with van der Waals surface area (Å²) in [6.07, 6.45) is 0.194. The fourth-order valence-electron chi connectivity index (χ4n) is 2.74. The highest BCUT2D eigenvalue weighted by atomic mass is 32.2. The third kappa shape index (κ3) is 4.73. The predicted octanol–water partition coefficient (Wildman–Crippen LogP) is 1.70. The van der Waals surface area contributed by atoms with Gasteiger partial charge in [-0.1, -0.05) is 12.1 Å². The van der Waals surface area contributed by atoms with Gasteiger partial charge in [0.15, 0.2) is 0 Å². The van der Waals surface area contributed by atoms with Gasteiger partial charge in [0.1, 0.15) is 11.1 Å². The Morgan fingerprint density at radius 3 is 2.61 bits per heavy atom. The van der Waals surface area contributed by atoms with Crippen LogP contribution in [0.5, 0.6) is 0 Å². The van der Waals surface area contributed by atoms with Gasteiger partial charge in [-0.3, -0.25) is 0 Å². The molecule has 0 aromatic heterocycles. The van der Waals surface area contributed by atoms with E-state index in [-0.39, 0.29) is 18.5 Å². The Balaban J connectivity index is 2.22. The first-order valence-electron chi connectivity index (χ1n) is 7.80. The lowest BCUT2D eigenvalue weighted by Crippen LogP contribution is -2.43. The van der Waals surface area contributed by atoms with Crippen molar-refractivity contribution in [2.24, 2.45) is 0 Å². The Morgan fingerprint density at radius 2 is 2.04 bits per heavy atom. The van der Waals surface area contributed by atoms with Crippen LogP contribution in [-0.4, -0.2) is 62.8 Å². The molecule has 1 aromatic carbocycles. The quantitative estimate of drug-likeness (QED) is 0.755. The zero-order valence-corrected chi connectivity index (χ0v) is 14.7. The van der Waals surface area contributed by atoms with Crippen LogP contribution in [0.4, 0.5) is 4.39 Å². The van der Waals surface area contributed by atoms with Crippen LogP contribution in [0.3, 0.4) is 0 Å². The van der Waals surface area contributed by atoms with Crippen LogP contribution in [0.15, 0.2) is 24.3 Å². The highest BCUT2D eigenvalue weighted by Gasteiger charge is 2.39. The van der Waals surface area contributed by atoms with E-state index in [1.165, 1.54) is 16.4 Å². The maximum atomic E-state index is 13.4. The van der Waals surface area contributed by atoms with Crippen LogP contribution in [0.1, 0.15) is 18.9 Å². The van der Waals surface area contributed by atoms with E-state index in [1.807, 2.05) is 19.0 Å². The number of sulfonamides is 1. The van der Waals surface area contributed by atoms with Gasteiger partial charge in [0.05, 0.1) is 6.10 Å². The average molecular weight is 344 g/mol. The number of likely N-dealkylation sites (N-methyl/N-ethyl adjacent to an activating group) is 1. The zero-order chi connectivity index (χ0) is 17.0. The third-order valence-corrected chi connectivity index (χ3v) is 6.51. The van der Waals surface area contributed by atoms with Crippen LogP contribution >= 0.6 is 0 Å². The molecule has 1 aromatic rings. The van der Waals surface area contributed by atoms with Crippen molar-refractivity contribution in [2.45, 2.75) is 31.2 Å². The van der Waals surface area contributed by atoms with E-state index >= 15 is 0 Å². The maximum Gasteiger partial charge on any atom is 0.219 e. The Kier molecular flexibility index (Phi) is 6.13. The van der Waals surface area contributed by atoms with E-state index in [0.29, 0.717) is 31.7 Å². The summed E-state index contributed by atoms with van der Waals surface area (Å²) < 4.78 is 46.2. The van der Waals surface area contributed by atoms with Gasteiger partial charge in [0.2, 0.25) is 10.0 Å². The molecule has 2 rings (SSSR count). The normalized spacial score (nSPS) is 22.2. The van der Waals surface area contributed by atoms with Gasteiger partial charge in [-0.05, 0) is 45.1 Å². The van der Waals surface area contributed by atoms with Crippen molar-refractivity contribution in [3.8, 4) is 0 Å². The molecule has 0 bridgehead atoms. The van der Waals surface area contributed by atoms with E-state index < -0.39 is 15.3 Å². The molecule has 0 unspecified atom stereocenters. The van der Waals surface area contributed by atoms with E-state index in [2.05, 4.69) is 0 Å². The number of hydrogen-bond donors (Lipinski definition) is 0. The van der Waals surface area contributed by atoms with Crippen molar-refractivity contribution in [2.75, 3.05) is 33.8 Å². The smallest absolute Gasteiger partial charge is 0.219 e. The zero-order valence-electron chi connectivity index (χ0n) is 13.9. The van der Waals surface area contributed by atoms with Gasteiger partial charge in [-0.2, -0.15) is 4.31 Å². The van der Waals surface area contributed by atoms with E-state index in [0.717, 1.165) is 0 Å². The molecule has 1 fully saturated rings. The van der Waals surface area contributed by atoms with Crippen molar-refractivity contribution >= 4 is 10.0 Å². The van der Waals surface area contributed by atoms with E-state index in [9.17, 15) is 12.8 Å². The Morgan fingerprint density at radius 1 is 1.30 bits per heavy atom. The standard InChI is InChI=1S/C16H25FN2O3S/c1-13-16(7-10-22-13)23(20,21)19(9-8-18(2)3)12-14-5-4-6-15(17)11-14/h4-6,11,13,16H,7-10,12H2,1-3H3/t13-,16+/m1/s1. The number of ether oxygens (including phenoxy) is 1. The lowest BCUT2D eigenvalue weighted by molar-refractivity contribution is 0.125. The average Bonchev–Trinajstić information content (AvgIpc) is 2.90. The first kappa shape index (κ1) is 18.3. The first-order valence-corrected chi connectivity index (χ1v) is 9.31. The van der Waals surface area contributed by atoms with Gasteiger partial charge in [-0.25, -0.2) is 12.8 Å². The summed E-state index contributed by atoms with van der Waals surface area (Å²) >= 11 is 0. The molecule has 1 aliphatic rings. The topological polar surface area (TPSA) is 49.9 Å². The summed E-state index contributed by atoms with van der Waals surface area (Å²) in [5.74, 6) is -0.356. The first-order chi connectivity index (χ1) is 10.8. The molecule has 7 heteroatoms. The summed E-state index contributed by atoms with van der Waals surface area (Å²) in [6.45, 7) is 3.41. The predicted molar refractivity (Wildman–Crippen MR) is 88.1 cm³/mol. The third-order valence-electron chi connectivity index (χ3n) is 4.09. The minimum atomic E-state index is -3.50. The van der Waals surface area contributed by atoms with Gasteiger partial charge in [0.25, 0.3) is 0 Å². The van der Waals surface area contributed by atoms with Gasteiger partial charge < -0.3 is 9.64 Å². The molecular formula is C16H25FN2O3S. The molecule has 5 nitrogen and oxygen atoms in total. The summed E-state index contributed by atoms with van der Waals surface area (Å²) in [7, 11) is 0.297. The van der Waals surface area contributed by atoms with E-state index in [4.69, 9.17) is 4.74 Å². The molecule has 0 amide bonds. The highest BCUT2D eigenvalue weighted by molar-refractivity contribution is 7.89. The van der Waals surface area contributed by atoms with Crippen molar-refractivity contribution in [1.82, 2.24) is 9.21 Å². The molecule has 0 radical (unpaired) electrons. The molecule has 130 valence electrons. The molecule has 0 N–H and O–H groups in total. The Labute approximate surface area is 138 Å². The molecular weight excluding hydrogens is 319 g/mol. The minimum absolute atomic E-state index is 0.178. The Bertz CT molecular complexity index is 622. The molecule has 0 saturated carbocycles. The lowest BCUT2D eigenvalue weighted by Gasteiger charge is -2.28. The highest BCUT2D eigenvalue weighted by Crippen LogP contribution is 2.25. The Hall–Kier alpha value is -1.02. The van der Waals surface area contributed by atoms with Crippen LogP contribution < -0.4 is 0 Å². The van der Waals surface area contributed by atoms with Gasteiger partial charge >= 0.3 is 0 Å². The molecule has 0 aliphatic carbocycles. The van der Waals surface area contributed by atoms with Crippen molar-refractivity contribution < 1.29 is 17.5 Å². The molecule has 0 spiro atoms. The molecule has 23 heavy (non-hydrogen) atoms. The summed E-state index contributed by atoms with van der Waals surface area (Å²) in [4.78, 5) is 1.93. The number of nitrogens with zero attached hydrogens (tertiary/aromatic N) is 2. The van der Waals surface area contributed by atoms with Crippen LogP contribution in [-0.2, 0) is 21.3 Å².